The summed E-state index contributed by atoms with van der Waals surface area (Å²) in [6, 6.07) is 0. The van der Waals surface area contributed by atoms with Crippen LogP contribution < -0.4 is 5.32 Å². The molecule has 0 spiro atoms. The fourth-order valence-corrected chi connectivity index (χ4v) is 1.58. The van der Waals surface area contributed by atoms with E-state index in [-0.39, 0.29) is 0 Å². The molecule has 11 heavy (non-hydrogen) atoms. The largest absolute Gasteiger partial charge is 0.375 e. The Hall–Kier alpha value is -0.570. The monoisotopic (exact) mass is 170 g/mol. The van der Waals surface area contributed by atoms with Crippen LogP contribution in [0.3, 0.4) is 0 Å². The molecule has 1 rings (SSSR count). The first-order valence-electron chi connectivity index (χ1n) is 3.98. The molecule has 3 heteroatoms. The van der Waals surface area contributed by atoms with E-state index in [4.69, 9.17) is 0 Å². The minimum absolute atomic E-state index is 1.07. The van der Waals surface area contributed by atoms with E-state index < -0.39 is 0 Å². The lowest BCUT2D eigenvalue weighted by atomic mass is 10.3. The molecule has 1 aromatic heterocycles. The molecule has 0 atom stereocenters. The molecule has 0 fully saturated rings. The second kappa shape index (κ2) is 4.34. The minimum atomic E-state index is 1.07. The molecule has 0 saturated heterocycles. The highest BCUT2D eigenvalue weighted by Gasteiger charge is 1.97. The van der Waals surface area contributed by atoms with Gasteiger partial charge in [-0.25, -0.2) is 4.98 Å². The number of anilines is 1. The number of aryl methyl sites for hydroxylation is 1. The van der Waals surface area contributed by atoms with Gasteiger partial charge in [-0.15, -0.1) is 11.3 Å². The maximum atomic E-state index is 4.15. The van der Waals surface area contributed by atoms with Crippen molar-refractivity contribution in [2.45, 2.75) is 26.7 Å². The first-order valence-corrected chi connectivity index (χ1v) is 4.86. The van der Waals surface area contributed by atoms with Gasteiger partial charge in [0.15, 0.2) is 0 Å². The van der Waals surface area contributed by atoms with E-state index in [9.17, 15) is 0 Å². The fourth-order valence-electron chi connectivity index (χ4n) is 0.850. The lowest BCUT2D eigenvalue weighted by molar-refractivity contribution is 0.835. The van der Waals surface area contributed by atoms with Crippen LogP contribution in [0.2, 0.25) is 0 Å². The molecule has 1 N–H and O–H groups in total. The van der Waals surface area contributed by atoms with Crippen molar-refractivity contribution in [3.8, 4) is 0 Å². The van der Waals surface area contributed by atoms with Crippen LogP contribution in [0.5, 0.6) is 0 Å². The molecule has 62 valence electrons. The first kappa shape index (κ1) is 8.53. The predicted octanol–water partition coefficient (Wildman–Crippen LogP) is 2.66. The molecular weight excluding hydrogens is 156 g/mol. The van der Waals surface area contributed by atoms with Crippen LogP contribution in [-0.4, -0.2) is 11.5 Å². The smallest absolute Gasteiger partial charge is 0.111 e. The summed E-state index contributed by atoms with van der Waals surface area (Å²) < 4.78 is 0. The van der Waals surface area contributed by atoms with E-state index in [0.29, 0.717) is 0 Å². The van der Waals surface area contributed by atoms with Gasteiger partial charge in [0, 0.05) is 6.54 Å². The Morgan fingerprint density at radius 2 is 2.45 bits per heavy atom. The molecule has 0 amide bonds. The third-order valence-corrected chi connectivity index (χ3v) is 2.45. The second-order valence-electron chi connectivity index (χ2n) is 2.55. The third kappa shape index (κ3) is 2.50. The molecule has 1 aromatic rings. The highest BCUT2D eigenvalue weighted by Crippen LogP contribution is 2.18. The van der Waals surface area contributed by atoms with Crippen LogP contribution in [0.15, 0.2) is 5.51 Å². The summed E-state index contributed by atoms with van der Waals surface area (Å²) in [5.74, 6) is 0. The highest BCUT2D eigenvalue weighted by molar-refractivity contribution is 7.14. The van der Waals surface area contributed by atoms with Gasteiger partial charge in [0.05, 0.1) is 11.2 Å². The van der Waals surface area contributed by atoms with Gasteiger partial charge in [0.2, 0.25) is 0 Å². The van der Waals surface area contributed by atoms with Gasteiger partial charge in [0.1, 0.15) is 5.00 Å². The molecule has 0 unspecified atom stereocenters. The highest BCUT2D eigenvalue weighted by atomic mass is 32.1. The number of nitrogens with one attached hydrogen (secondary N) is 1. The van der Waals surface area contributed by atoms with E-state index in [0.717, 1.165) is 12.2 Å². The summed E-state index contributed by atoms with van der Waals surface area (Å²) >= 11 is 1.68. The van der Waals surface area contributed by atoms with Crippen molar-refractivity contribution < 1.29 is 0 Å². The zero-order chi connectivity index (χ0) is 8.10. The Bertz CT molecular complexity index is 208. The Balaban J connectivity index is 2.32. The van der Waals surface area contributed by atoms with E-state index in [1.54, 1.807) is 11.3 Å². The van der Waals surface area contributed by atoms with Gasteiger partial charge in [-0.3, -0.25) is 0 Å². The van der Waals surface area contributed by atoms with E-state index >= 15 is 0 Å². The van der Waals surface area contributed by atoms with Gasteiger partial charge in [-0.1, -0.05) is 13.3 Å². The van der Waals surface area contributed by atoms with Gasteiger partial charge in [-0.2, -0.15) is 0 Å². The maximum absolute atomic E-state index is 4.15. The molecule has 0 aliphatic carbocycles. The van der Waals surface area contributed by atoms with Gasteiger partial charge in [0.25, 0.3) is 0 Å². The van der Waals surface area contributed by atoms with Crippen molar-refractivity contribution in [3.05, 3.63) is 11.2 Å². The van der Waals surface area contributed by atoms with Crippen molar-refractivity contribution in [1.82, 2.24) is 4.98 Å². The molecular formula is C8H14N2S. The minimum Gasteiger partial charge on any atom is -0.375 e. The van der Waals surface area contributed by atoms with Crippen LogP contribution in [0.4, 0.5) is 5.00 Å². The van der Waals surface area contributed by atoms with Crippen LogP contribution in [-0.2, 0) is 0 Å². The Morgan fingerprint density at radius 1 is 1.64 bits per heavy atom. The maximum Gasteiger partial charge on any atom is 0.111 e. The van der Waals surface area contributed by atoms with Crippen LogP contribution in [0.25, 0.3) is 0 Å². The molecule has 1 heterocycles. The number of unbranched alkanes of at least 4 members (excludes halogenated alkanes) is 1. The normalized spacial score (nSPS) is 10.0. The van der Waals surface area contributed by atoms with Crippen LogP contribution in [0, 0.1) is 6.92 Å². The number of thiazole rings is 1. The average molecular weight is 170 g/mol. The standard InChI is InChI=1S/C8H14N2S/c1-3-4-5-9-8-7(2)10-6-11-8/h6,9H,3-5H2,1-2H3. The number of aromatic nitrogens is 1. The summed E-state index contributed by atoms with van der Waals surface area (Å²) in [4.78, 5) is 4.15. The van der Waals surface area contributed by atoms with Crippen molar-refractivity contribution in [2.24, 2.45) is 0 Å². The van der Waals surface area contributed by atoms with Crippen molar-refractivity contribution in [2.75, 3.05) is 11.9 Å². The molecule has 2 nitrogen and oxygen atoms in total. The average Bonchev–Trinajstić information content (AvgIpc) is 2.37. The van der Waals surface area contributed by atoms with E-state index in [1.807, 2.05) is 12.4 Å². The lowest BCUT2D eigenvalue weighted by Crippen LogP contribution is -1.99. The van der Waals surface area contributed by atoms with E-state index in [2.05, 4.69) is 17.2 Å². The number of nitrogens with zero attached hydrogens (tertiary/aromatic N) is 1. The molecule has 0 bridgehead atoms. The summed E-state index contributed by atoms with van der Waals surface area (Å²) in [6.45, 7) is 5.30. The van der Waals surface area contributed by atoms with Crippen LogP contribution >= 0.6 is 11.3 Å². The second-order valence-corrected chi connectivity index (χ2v) is 3.40. The third-order valence-electron chi connectivity index (χ3n) is 1.56. The van der Waals surface area contributed by atoms with Crippen molar-refractivity contribution in [3.63, 3.8) is 0 Å². The molecule has 0 aliphatic heterocycles. The Kier molecular flexibility index (Phi) is 3.36. The topological polar surface area (TPSA) is 24.9 Å². The number of hydrogen-bond acceptors (Lipinski definition) is 3. The summed E-state index contributed by atoms with van der Waals surface area (Å²) in [5.41, 5.74) is 3.00. The Labute approximate surface area is 71.7 Å². The fraction of sp³-hybridized carbons (Fsp3) is 0.625. The summed E-state index contributed by atoms with van der Waals surface area (Å²) in [6.07, 6.45) is 2.47. The first-order chi connectivity index (χ1) is 5.34. The Morgan fingerprint density at radius 3 is 3.00 bits per heavy atom. The predicted molar refractivity (Wildman–Crippen MR) is 50.2 cm³/mol. The molecule has 0 saturated carbocycles. The summed E-state index contributed by atoms with van der Waals surface area (Å²) in [7, 11) is 0. The van der Waals surface area contributed by atoms with Gasteiger partial charge >= 0.3 is 0 Å². The van der Waals surface area contributed by atoms with Crippen molar-refractivity contribution in [1.29, 1.82) is 0 Å². The number of rotatable bonds is 4. The summed E-state index contributed by atoms with van der Waals surface area (Å²) in [5, 5.41) is 4.57. The van der Waals surface area contributed by atoms with Gasteiger partial charge in [-0.05, 0) is 13.3 Å². The SMILES string of the molecule is CCCCNc1scnc1C. The molecule has 0 radical (unpaired) electrons. The quantitative estimate of drug-likeness (QED) is 0.703. The van der Waals surface area contributed by atoms with E-state index in [1.165, 1.54) is 17.8 Å². The molecule has 0 aliphatic rings. The van der Waals surface area contributed by atoms with Crippen LogP contribution in [0.1, 0.15) is 25.5 Å². The van der Waals surface area contributed by atoms with Gasteiger partial charge < -0.3 is 5.32 Å². The molecule has 0 aromatic carbocycles. The zero-order valence-electron chi connectivity index (χ0n) is 7.05. The zero-order valence-corrected chi connectivity index (χ0v) is 7.87. The van der Waals surface area contributed by atoms with Crippen molar-refractivity contribution >= 4 is 16.3 Å². The lowest BCUT2D eigenvalue weighted by Gasteiger charge is -2.01. The number of hydrogen-bond donors (Lipinski definition) is 1.